The topological polar surface area (TPSA) is 89.6 Å². The first-order chi connectivity index (χ1) is 21.5. The fraction of sp³-hybridized carbons (Fsp3) is 0.286. The second-order valence-corrected chi connectivity index (χ2v) is 12.8. The molecule has 1 N–H and O–H groups in total. The van der Waals surface area contributed by atoms with Gasteiger partial charge in [0.2, 0.25) is 0 Å². The number of hydrogen-bond acceptors (Lipinski definition) is 4. The standard InChI is InChI=1S/C35H32Cl2N4O4/c1-18-14-24(15-19(2)31(18)37)45-13-5-6-25-26-11-12-27(36)30-29-20(3)39(4)38-28(29)16-23-17-40(34(42)33(25)41(23)32(26)30)22-9-7-21(8-10-22)35(43)44/h7-12,14-15,23H,5-6,13,16-17H2,1-4H3,(H,43,44)/t23-/m1/s1. The maximum Gasteiger partial charge on any atom is 0.335 e. The van der Waals surface area contributed by atoms with Crippen molar-refractivity contribution in [3.05, 3.63) is 97.9 Å². The molecule has 1 amide bonds. The van der Waals surface area contributed by atoms with Crippen LogP contribution >= 0.6 is 23.2 Å². The van der Waals surface area contributed by atoms with E-state index in [1.807, 2.05) is 49.8 Å². The predicted octanol–water partition coefficient (Wildman–Crippen LogP) is 7.74. The molecule has 1 atom stereocenters. The van der Waals surface area contributed by atoms with E-state index in [-0.39, 0.29) is 17.5 Å². The number of aromatic nitrogens is 3. The third kappa shape index (κ3) is 4.70. The Labute approximate surface area is 270 Å². The fourth-order valence-electron chi connectivity index (χ4n) is 7.00. The lowest BCUT2D eigenvalue weighted by molar-refractivity contribution is 0.0696. The van der Waals surface area contributed by atoms with Gasteiger partial charge in [-0.25, -0.2) is 4.79 Å². The maximum atomic E-state index is 14.5. The SMILES string of the molecule is Cc1cc(OCCCc2c3n4c5c(c(Cl)ccc25)-c2c(nn(C)c2C)C[C@@H]4CN(c2ccc(C(=O)O)cc2)C3=O)cc(C)c1Cl. The van der Waals surface area contributed by atoms with Gasteiger partial charge in [0.05, 0.1) is 34.4 Å². The minimum absolute atomic E-state index is 0.0999. The van der Waals surface area contributed by atoms with Crippen molar-refractivity contribution in [3.8, 4) is 16.9 Å². The molecule has 5 aromatic rings. The summed E-state index contributed by atoms with van der Waals surface area (Å²) >= 11 is 13.3. The zero-order valence-corrected chi connectivity index (χ0v) is 27.0. The molecule has 0 unspecified atom stereocenters. The van der Waals surface area contributed by atoms with Gasteiger partial charge in [0.25, 0.3) is 5.91 Å². The highest BCUT2D eigenvalue weighted by atomic mass is 35.5. The third-order valence-corrected chi connectivity index (χ3v) is 10.1. The molecule has 2 aromatic heterocycles. The predicted molar refractivity (Wildman–Crippen MR) is 176 cm³/mol. The van der Waals surface area contributed by atoms with Crippen LogP contribution in [0, 0.1) is 20.8 Å². The maximum absolute atomic E-state index is 14.5. The van der Waals surface area contributed by atoms with Crippen molar-refractivity contribution in [2.75, 3.05) is 18.1 Å². The van der Waals surface area contributed by atoms with Crippen molar-refractivity contribution in [1.82, 2.24) is 14.3 Å². The van der Waals surface area contributed by atoms with Crippen LogP contribution in [-0.4, -0.2) is 44.5 Å². The van der Waals surface area contributed by atoms with Crippen LogP contribution in [0.4, 0.5) is 5.69 Å². The number of hydrogen-bond donors (Lipinski definition) is 1. The first-order valence-corrected chi connectivity index (χ1v) is 15.7. The zero-order chi connectivity index (χ0) is 31.7. The molecule has 0 bridgehead atoms. The Morgan fingerprint density at radius 1 is 1.04 bits per heavy atom. The van der Waals surface area contributed by atoms with Crippen molar-refractivity contribution < 1.29 is 19.4 Å². The second-order valence-electron chi connectivity index (χ2n) is 12.0. The third-order valence-electron chi connectivity index (χ3n) is 9.19. The molecule has 0 aliphatic carbocycles. The summed E-state index contributed by atoms with van der Waals surface area (Å²) in [5, 5.41) is 16.7. The van der Waals surface area contributed by atoms with E-state index >= 15 is 0 Å². The number of benzene rings is 3. The Morgan fingerprint density at radius 3 is 2.44 bits per heavy atom. The van der Waals surface area contributed by atoms with Gasteiger partial charge in [0, 0.05) is 52.9 Å². The second kappa shape index (κ2) is 11.0. The number of anilines is 1. The molecule has 45 heavy (non-hydrogen) atoms. The highest BCUT2D eigenvalue weighted by Crippen LogP contribution is 2.48. The van der Waals surface area contributed by atoms with Gasteiger partial charge in [-0.15, -0.1) is 0 Å². The number of rotatable bonds is 7. The summed E-state index contributed by atoms with van der Waals surface area (Å²) < 4.78 is 10.2. The number of nitrogens with zero attached hydrogens (tertiary/aromatic N) is 4. The Hall–Kier alpha value is -4.27. The highest BCUT2D eigenvalue weighted by molar-refractivity contribution is 6.35. The number of carbonyl (C=O) groups is 2. The van der Waals surface area contributed by atoms with Crippen LogP contribution in [0.2, 0.25) is 10.0 Å². The van der Waals surface area contributed by atoms with Gasteiger partial charge in [-0.1, -0.05) is 29.3 Å². The van der Waals surface area contributed by atoms with Crippen LogP contribution < -0.4 is 9.64 Å². The molecule has 0 fully saturated rings. The molecule has 8 nitrogen and oxygen atoms in total. The summed E-state index contributed by atoms with van der Waals surface area (Å²) in [7, 11) is 1.94. The van der Waals surface area contributed by atoms with E-state index in [9.17, 15) is 14.7 Å². The van der Waals surface area contributed by atoms with E-state index in [0.29, 0.717) is 48.8 Å². The number of carboxylic acids is 1. The monoisotopic (exact) mass is 642 g/mol. The van der Waals surface area contributed by atoms with E-state index < -0.39 is 5.97 Å². The highest BCUT2D eigenvalue weighted by Gasteiger charge is 2.40. The fourth-order valence-corrected chi connectivity index (χ4v) is 7.35. The summed E-state index contributed by atoms with van der Waals surface area (Å²) in [5.74, 6) is -0.357. The van der Waals surface area contributed by atoms with Crippen LogP contribution in [-0.2, 0) is 19.9 Å². The van der Waals surface area contributed by atoms with Gasteiger partial charge >= 0.3 is 5.97 Å². The molecule has 0 saturated carbocycles. The number of aromatic carboxylic acids is 1. The van der Waals surface area contributed by atoms with Crippen molar-refractivity contribution in [3.63, 3.8) is 0 Å². The summed E-state index contributed by atoms with van der Waals surface area (Å²) in [5.41, 5.74) is 9.23. The van der Waals surface area contributed by atoms with Gasteiger partial charge in [-0.05, 0) is 92.8 Å². The minimum atomic E-state index is -1.01. The average molecular weight is 644 g/mol. The number of fused-ring (bicyclic) bond motifs is 2. The summed E-state index contributed by atoms with van der Waals surface area (Å²) in [6.45, 7) is 6.87. The summed E-state index contributed by atoms with van der Waals surface area (Å²) in [6.07, 6.45) is 1.93. The van der Waals surface area contributed by atoms with Crippen LogP contribution in [0.1, 0.15) is 61.4 Å². The molecule has 2 aliphatic rings. The van der Waals surface area contributed by atoms with E-state index in [1.165, 1.54) is 0 Å². The lowest BCUT2D eigenvalue weighted by Gasteiger charge is -2.35. The quantitative estimate of drug-likeness (QED) is 0.183. The van der Waals surface area contributed by atoms with Crippen LogP contribution in [0.5, 0.6) is 5.75 Å². The molecule has 0 saturated heterocycles. The molecule has 2 aliphatic heterocycles. The van der Waals surface area contributed by atoms with Gasteiger partial charge in [-0.3, -0.25) is 9.48 Å². The first-order valence-electron chi connectivity index (χ1n) is 15.0. The first kappa shape index (κ1) is 29.4. The molecule has 0 radical (unpaired) electrons. The minimum Gasteiger partial charge on any atom is -0.494 e. The average Bonchev–Trinajstić information content (AvgIpc) is 3.43. The molecule has 10 heteroatoms. The molecular formula is C35H32Cl2N4O4. The Morgan fingerprint density at radius 2 is 1.76 bits per heavy atom. The summed E-state index contributed by atoms with van der Waals surface area (Å²) in [4.78, 5) is 27.8. The number of halogens is 2. The van der Waals surface area contributed by atoms with Crippen LogP contribution in [0.15, 0.2) is 48.5 Å². The van der Waals surface area contributed by atoms with Crippen LogP contribution in [0.3, 0.4) is 0 Å². The lowest BCUT2D eigenvalue weighted by Crippen LogP contribution is -2.44. The number of amides is 1. The lowest BCUT2D eigenvalue weighted by atomic mass is 9.96. The van der Waals surface area contributed by atoms with Crippen LogP contribution in [0.25, 0.3) is 22.0 Å². The van der Waals surface area contributed by atoms with Crippen molar-refractivity contribution in [2.24, 2.45) is 7.05 Å². The van der Waals surface area contributed by atoms with Crippen molar-refractivity contribution in [1.29, 1.82) is 0 Å². The molecule has 230 valence electrons. The largest absolute Gasteiger partial charge is 0.494 e. The number of aryl methyl sites for hydroxylation is 4. The Balaban J connectivity index is 1.34. The van der Waals surface area contributed by atoms with Gasteiger partial charge in [0.1, 0.15) is 11.4 Å². The van der Waals surface area contributed by atoms with Gasteiger partial charge in [-0.2, -0.15) is 5.10 Å². The number of carbonyl (C=O) groups excluding carboxylic acids is 1. The molecule has 0 spiro atoms. The molecule has 4 heterocycles. The molecule has 3 aromatic carbocycles. The zero-order valence-electron chi connectivity index (χ0n) is 25.4. The van der Waals surface area contributed by atoms with Gasteiger partial charge in [0.15, 0.2) is 0 Å². The van der Waals surface area contributed by atoms with Crippen molar-refractivity contribution in [2.45, 2.75) is 46.1 Å². The van der Waals surface area contributed by atoms with Crippen molar-refractivity contribution >= 4 is 51.7 Å². The van der Waals surface area contributed by atoms with E-state index in [2.05, 4.69) is 11.5 Å². The smallest absolute Gasteiger partial charge is 0.335 e. The van der Waals surface area contributed by atoms with E-state index in [1.54, 1.807) is 29.2 Å². The molecule has 7 rings (SSSR count). The Kier molecular flexibility index (Phi) is 7.17. The number of carboxylic acid groups (broad SMARTS) is 1. The van der Waals surface area contributed by atoms with E-state index in [4.69, 9.17) is 33.0 Å². The molecular weight excluding hydrogens is 611 g/mol. The normalized spacial score (nSPS) is 15.4. The Bertz CT molecular complexity index is 2020. The summed E-state index contributed by atoms with van der Waals surface area (Å²) in [6, 6.07) is 14.2. The van der Waals surface area contributed by atoms with E-state index in [0.717, 1.165) is 60.9 Å². The van der Waals surface area contributed by atoms with Gasteiger partial charge < -0.3 is 19.3 Å². The number of ether oxygens (including phenoxy) is 1.